The number of rotatable bonds is 4. The standard InChI is InChI=1S/C9H15BF3O2/c1-9(2,3)15-8(14)6-4-5-7-10(11,12)13/h5,7H,4,6H2,1-3H3/q-1/b7-5+. The molecule has 0 aromatic carbocycles. The van der Waals surface area contributed by atoms with Crippen LogP contribution in [0.1, 0.15) is 33.6 Å². The van der Waals surface area contributed by atoms with Gasteiger partial charge in [0.25, 0.3) is 0 Å². The average molecular weight is 223 g/mol. The number of allylic oxidation sites excluding steroid dienone is 1. The normalized spacial score (nSPS) is 13.2. The van der Waals surface area contributed by atoms with Crippen molar-refractivity contribution in [2.75, 3.05) is 0 Å². The Morgan fingerprint density at radius 2 is 1.87 bits per heavy atom. The van der Waals surface area contributed by atoms with Crippen molar-refractivity contribution in [2.45, 2.75) is 39.2 Å². The van der Waals surface area contributed by atoms with Gasteiger partial charge in [0, 0.05) is 6.42 Å². The molecule has 0 rings (SSSR count). The molecule has 0 aliphatic heterocycles. The number of carbonyl (C=O) groups is 1. The summed E-state index contributed by atoms with van der Waals surface area (Å²) < 4.78 is 40.1. The van der Waals surface area contributed by atoms with Crippen molar-refractivity contribution < 1.29 is 22.5 Å². The fourth-order valence-corrected chi connectivity index (χ4v) is 0.844. The maximum atomic E-state index is 11.7. The highest BCUT2D eigenvalue weighted by Gasteiger charge is 2.17. The van der Waals surface area contributed by atoms with Crippen molar-refractivity contribution in [2.24, 2.45) is 0 Å². The summed E-state index contributed by atoms with van der Waals surface area (Å²) in [6.07, 6.45) is 0.972. The molecule has 0 radical (unpaired) electrons. The molecule has 2 nitrogen and oxygen atoms in total. The lowest BCUT2D eigenvalue weighted by Gasteiger charge is -2.19. The minimum Gasteiger partial charge on any atom is -0.460 e. The molecule has 0 atom stereocenters. The van der Waals surface area contributed by atoms with Gasteiger partial charge in [0.05, 0.1) is 0 Å². The van der Waals surface area contributed by atoms with E-state index >= 15 is 0 Å². The Bertz CT molecular complexity index is 241. The summed E-state index contributed by atoms with van der Waals surface area (Å²) in [5.41, 5.74) is -0.589. The van der Waals surface area contributed by atoms with Gasteiger partial charge in [-0.2, -0.15) is 0 Å². The van der Waals surface area contributed by atoms with Crippen LogP contribution in [0.5, 0.6) is 0 Å². The Hall–Kier alpha value is -0.935. The Kier molecular flexibility index (Phi) is 4.91. The van der Waals surface area contributed by atoms with Crippen LogP contribution in [0.3, 0.4) is 0 Å². The summed E-state index contributed by atoms with van der Waals surface area (Å²) >= 11 is 0. The van der Waals surface area contributed by atoms with E-state index < -0.39 is 18.5 Å². The van der Waals surface area contributed by atoms with Gasteiger partial charge in [0.1, 0.15) is 5.60 Å². The molecule has 0 aliphatic rings. The molecular formula is C9H15BF3O2-. The van der Waals surface area contributed by atoms with E-state index in [-0.39, 0.29) is 18.8 Å². The molecular weight excluding hydrogens is 208 g/mol. The van der Waals surface area contributed by atoms with Gasteiger partial charge >= 0.3 is 12.9 Å². The molecule has 0 heterocycles. The third-order valence-electron chi connectivity index (χ3n) is 1.29. The first kappa shape index (κ1) is 14.1. The van der Waals surface area contributed by atoms with Gasteiger partial charge < -0.3 is 17.7 Å². The summed E-state index contributed by atoms with van der Waals surface area (Å²) in [7, 11) is 0. The second-order valence-corrected chi connectivity index (χ2v) is 4.18. The van der Waals surface area contributed by atoms with Crippen molar-refractivity contribution in [3.05, 3.63) is 12.1 Å². The van der Waals surface area contributed by atoms with Crippen LogP contribution in [-0.4, -0.2) is 18.5 Å². The summed E-state index contributed by atoms with van der Waals surface area (Å²) in [6.45, 7) is 0.228. The zero-order chi connectivity index (χ0) is 12.1. The molecule has 0 unspecified atom stereocenters. The predicted octanol–water partition coefficient (Wildman–Crippen LogP) is 3.05. The molecule has 6 heteroatoms. The lowest BCUT2D eigenvalue weighted by molar-refractivity contribution is -0.154. The predicted molar refractivity (Wildman–Crippen MR) is 53.3 cm³/mol. The highest BCUT2D eigenvalue weighted by Crippen LogP contribution is 2.12. The molecule has 0 saturated carbocycles. The minimum absolute atomic E-state index is 0.0278. The average Bonchev–Trinajstić information content (AvgIpc) is 1.92. The number of carbonyl (C=O) groups excluding carboxylic acids is 1. The van der Waals surface area contributed by atoms with Crippen molar-refractivity contribution in [3.63, 3.8) is 0 Å². The van der Waals surface area contributed by atoms with E-state index in [1.54, 1.807) is 20.8 Å². The maximum absolute atomic E-state index is 11.7. The second kappa shape index (κ2) is 5.23. The molecule has 0 N–H and O–H groups in total. The lowest BCUT2D eigenvalue weighted by atomic mass is 9.91. The quantitative estimate of drug-likeness (QED) is 0.540. The highest BCUT2D eigenvalue weighted by atomic mass is 19.4. The molecule has 0 aliphatic carbocycles. The lowest BCUT2D eigenvalue weighted by Crippen LogP contribution is -2.23. The van der Waals surface area contributed by atoms with E-state index in [0.717, 1.165) is 6.08 Å². The number of hydrogen-bond acceptors (Lipinski definition) is 2. The largest absolute Gasteiger partial charge is 0.502 e. The van der Waals surface area contributed by atoms with Crippen LogP contribution in [0.15, 0.2) is 12.1 Å². The number of ether oxygens (including phenoxy) is 1. The maximum Gasteiger partial charge on any atom is 0.502 e. The number of halogens is 3. The Labute approximate surface area is 87.5 Å². The monoisotopic (exact) mass is 223 g/mol. The van der Waals surface area contributed by atoms with Crippen LogP contribution in [0, 0.1) is 0 Å². The van der Waals surface area contributed by atoms with Gasteiger partial charge in [-0.05, 0) is 27.2 Å². The Morgan fingerprint density at radius 3 is 2.27 bits per heavy atom. The molecule has 0 amide bonds. The molecule has 88 valence electrons. The molecule has 0 saturated heterocycles. The van der Waals surface area contributed by atoms with Gasteiger partial charge in [-0.1, -0.05) is 0 Å². The van der Waals surface area contributed by atoms with E-state index in [1.165, 1.54) is 0 Å². The molecule has 15 heavy (non-hydrogen) atoms. The van der Waals surface area contributed by atoms with E-state index in [9.17, 15) is 17.7 Å². The van der Waals surface area contributed by atoms with Crippen LogP contribution >= 0.6 is 0 Å². The Morgan fingerprint density at radius 1 is 1.33 bits per heavy atom. The topological polar surface area (TPSA) is 26.3 Å². The van der Waals surface area contributed by atoms with Crippen LogP contribution in [0.2, 0.25) is 0 Å². The molecule has 0 aromatic rings. The summed E-state index contributed by atoms with van der Waals surface area (Å²) in [6, 6.07) is 0. The smallest absolute Gasteiger partial charge is 0.460 e. The molecule has 0 bridgehead atoms. The first-order chi connectivity index (χ1) is 6.60. The third-order valence-corrected chi connectivity index (χ3v) is 1.29. The SMILES string of the molecule is CC(C)(C)OC(=O)CC/C=C/[B-](F)(F)F. The van der Waals surface area contributed by atoms with E-state index in [4.69, 9.17) is 4.74 Å². The molecule has 0 spiro atoms. The van der Waals surface area contributed by atoms with Gasteiger partial charge in [0.15, 0.2) is 0 Å². The number of esters is 1. The van der Waals surface area contributed by atoms with Gasteiger partial charge in [0.2, 0.25) is 0 Å². The number of hydrogen-bond donors (Lipinski definition) is 0. The third kappa shape index (κ3) is 11.0. The van der Waals surface area contributed by atoms with E-state index in [1.807, 2.05) is 0 Å². The van der Waals surface area contributed by atoms with E-state index in [2.05, 4.69) is 0 Å². The first-order valence-electron chi connectivity index (χ1n) is 4.70. The first-order valence-corrected chi connectivity index (χ1v) is 4.70. The minimum atomic E-state index is -4.90. The summed E-state index contributed by atoms with van der Waals surface area (Å²) in [5, 5.41) is 0. The van der Waals surface area contributed by atoms with Crippen LogP contribution in [0.4, 0.5) is 12.9 Å². The van der Waals surface area contributed by atoms with Gasteiger partial charge in [-0.15, -0.1) is 12.1 Å². The van der Waals surface area contributed by atoms with Crippen molar-refractivity contribution in [1.29, 1.82) is 0 Å². The van der Waals surface area contributed by atoms with Crippen LogP contribution in [0.25, 0.3) is 0 Å². The molecule has 0 fully saturated rings. The van der Waals surface area contributed by atoms with Crippen LogP contribution in [-0.2, 0) is 9.53 Å². The highest BCUT2D eigenvalue weighted by molar-refractivity contribution is 6.64. The fraction of sp³-hybridized carbons (Fsp3) is 0.667. The molecule has 0 aromatic heterocycles. The fourth-order valence-electron chi connectivity index (χ4n) is 0.844. The second-order valence-electron chi connectivity index (χ2n) is 4.18. The Balaban J connectivity index is 3.79. The summed E-state index contributed by atoms with van der Waals surface area (Å²) in [5.74, 6) is -0.300. The van der Waals surface area contributed by atoms with Crippen molar-refractivity contribution >= 4 is 12.9 Å². The van der Waals surface area contributed by atoms with Crippen molar-refractivity contribution in [3.8, 4) is 0 Å². The zero-order valence-corrected chi connectivity index (χ0v) is 9.10. The zero-order valence-electron chi connectivity index (χ0n) is 9.10. The van der Waals surface area contributed by atoms with Crippen LogP contribution < -0.4 is 0 Å². The summed E-state index contributed by atoms with van der Waals surface area (Å²) in [4.78, 5) is 11.1. The van der Waals surface area contributed by atoms with Gasteiger partial charge in [-0.3, -0.25) is 4.79 Å². The van der Waals surface area contributed by atoms with E-state index in [0.29, 0.717) is 0 Å². The van der Waals surface area contributed by atoms with Crippen molar-refractivity contribution in [1.82, 2.24) is 0 Å². The van der Waals surface area contributed by atoms with Gasteiger partial charge in [-0.25, -0.2) is 0 Å².